The molecule has 0 amide bonds. The minimum atomic E-state index is -0.968. The van der Waals surface area contributed by atoms with Crippen LogP contribution in [0.15, 0.2) is 0 Å². The van der Waals surface area contributed by atoms with Crippen LogP contribution in [0.4, 0.5) is 0 Å². The number of rotatable bonds is 7. The lowest BCUT2D eigenvalue weighted by molar-refractivity contribution is -0.374. The number of hydrogen-bond donors (Lipinski definition) is 1. The SMILES string of the molecule is CCC(C)CC(C)C(OOC(C)(C)C)C(=O)O. The zero-order valence-electron chi connectivity index (χ0n) is 11.8. The molecule has 0 saturated carbocycles. The first-order chi connectivity index (χ1) is 7.67. The van der Waals surface area contributed by atoms with E-state index in [4.69, 9.17) is 14.9 Å². The van der Waals surface area contributed by atoms with E-state index in [0.29, 0.717) is 5.92 Å². The van der Waals surface area contributed by atoms with Gasteiger partial charge < -0.3 is 5.11 Å². The molecule has 0 bridgehead atoms. The van der Waals surface area contributed by atoms with Crippen molar-refractivity contribution in [3.63, 3.8) is 0 Å². The summed E-state index contributed by atoms with van der Waals surface area (Å²) in [6.45, 7) is 11.6. The topological polar surface area (TPSA) is 55.8 Å². The second kappa shape index (κ2) is 6.97. The molecule has 0 aromatic rings. The summed E-state index contributed by atoms with van der Waals surface area (Å²) in [5, 5.41) is 9.12. The minimum Gasteiger partial charge on any atom is -0.479 e. The standard InChI is InChI=1S/C13H26O4/c1-7-9(2)8-10(3)11(12(14)15)16-17-13(4,5)6/h9-11H,7-8H2,1-6H3,(H,14,15). The third kappa shape index (κ3) is 7.34. The van der Waals surface area contributed by atoms with E-state index in [0.717, 1.165) is 12.8 Å². The summed E-state index contributed by atoms with van der Waals surface area (Å²) < 4.78 is 0. The molecule has 0 aliphatic rings. The van der Waals surface area contributed by atoms with Crippen molar-refractivity contribution < 1.29 is 19.7 Å². The molecule has 3 unspecified atom stereocenters. The first kappa shape index (κ1) is 16.4. The summed E-state index contributed by atoms with van der Waals surface area (Å²) in [5.41, 5.74) is -0.496. The zero-order chi connectivity index (χ0) is 13.6. The summed E-state index contributed by atoms with van der Waals surface area (Å²) >= 11 is 0. The van der Waals surface area contributed by atoms with Crippen molar-refractivity contribution in [2.24, 2.45) is 11.8 Å². The number of carbonyl (C=O) groups is 1. The third-order valence-corrected chi connectivity index (χ3v) is 2.63. The second-order valence-corrected chi connectivity index (χ2v) is 5.78. The van der Waals surface area contributed by atoms with Crippen molar-refractivity contribution in [1.82, 2.24) is 0 Å². The van der Waals surface area contributed by atoms with Crippen molar-refractivity contribution >= 4 is 5.97 Å². The van der Waals surface area contributed by atoms with Gasteiger partial charge in [-0.2, -0.15) is 0 Å². The predicted octanol–water partition coefficient (Wildman–Crippen LogP) is 3.26. The lowest BCUT2D eigenvalue weighted by Crippen LogP contribution is -2.35. The van der Waals surface area contributed by atoms with Crippen LogP contribution in [0, 0.1) is 11.8 Å². The van der Waals surface area contributed by atoms with Gasteiger partial charge in [-0.05, 0) is 39.0 Å². The molecular formula is C13H26O4. The second-order valence-electron chi connectivity index (χ2n) is 5.78. The molecular weight excluding hydrogens is 220 g/mol. The number of carboxylic acid groups (broad SMARTS) is 1. The first-order valence-corrected chi connectivity index (χ1v) is 6.24. The van der Waals surface area contributed by atoms with Crippen LogP contribution in [0.1, 0.15) is 54.4 Å². The zero-order valence-corrected chi connectivity index (χ0v) is 11.8. The van der Waals surface area contributed by atoms with Gasteiger partial charge in [0.1, 0.15) is 0 Å². The molecule has 4 nitrogen and oxygen atoms in total. The minimum absolute atomic E-state index is 0.0650. The van der Waals surface area contributed by atoms with Gasteiger partial charge in [0.15, 0.2) is 6.10 Å². The van der Waals surface area contributed by atoms with Crippen molar-refractivity contribution in [2.75, 3.05) is 0 Å². The molecule has 0 aromatic heterocycles. The van der Waals surface area contributed by atoms with Gasteiger partial charge in [-0.25, -0.2) is 14.6 Å². The Hall–Kier alpha value is -0.610. The predicted molar refractivity (Wildman–Crippen MR) is 66.6 cm³/mol. The van der Waals surface area contributed by atoms with E-state index >= 15 is 0 Å². The van der Waals surface area contributed by atoms with Crippen LogP contribution in [0.2, 0.25) is 0 Å². The van der Waals surface area contributed by atoms with Crippen molar-refractivity contribution in [1.29, 1.82) is 0 Å². The van der Waals surface area contributed by atoms with Crippen molar-refractivity contribution in [3.05, 3.63) is 0 Å². The molecule has 4 heteroatoms. The Labute approximate surface area is 104 Å². The number of aliphatic carboxylic acids is 1. The van der Waals surface area contributed by atoms with Gasteiger partial charge in [-0.1, -0.05) is 27.2 Å². The molecule has 1 N–H and O–H groups in total. The lowest BCUT2D eigenvalue weighted by Gasteiger charge is -2.25. The summed E-state index contributed by atoms with van der Waals surface area (Å²) in [5.74, 6) is -0.542. The highest BCUT2D eigenvalue weighted by molar-refractivity contribution is 5.72. The molecule has 3 atom stereocenters. The van der Waals surface area contributed by atoms with Crippen molar-refractivity contribution in [2.45, 2.75) is 66.1 Å². The Morgan fingerprint density at radius 1 is 1.29 bits per heavy atom. The smallest absolute Gasteiger partial charge is 0.336 e. The van der Waals surface area contributed by atoms with E-state index in [-0.39, 0.29) is 5.92 Å². The van der Waals surface area contributed by atoms with Gasteiger partial charge in [0, 0.05) is 0 Å². The van der Waals surface area contributed by atoms with Crippen LogP contribution < -0.4 is 0 Å². The van der Waals surface area contributed by atoms with Crippen LogP contribution >= 0.6 is 0 Å². The number of carboxylic acids is 1. The quantitative estimate of drug-likeness (QED) is 0.553. The Morgan fingerprint density at radius 3 is 2.18 bits per heavy atom. The van der Waals surface area contributed by atoms with E-state index in [1.807, 2.05) is 27.7 Å². The first-order valence-electron chi connectivity index (χ1n) is 6.24. The van der Waals surface area contributed by atoms with Crippen LogP contribution in [0.25, 0.3) is 0 Å². The molecule has 0 aliphatic heterocycles. The van der Waals surface area contributed by atoms with E-state index in [1.165, 1.54) is 0 Å². The molecule has 0 aromatic carbocycles. The van der Waals surface area contributed by atoms with Gasteiger partial charge in [0.25, 0.3) is 0 Å². The van der Waals surface area contributed by atoms with Gasteiger partial charge >= 0.3 is 5.97 Å². The Bertz CT molecular complexity index is 232. The third-order valence-electron chi connectivity index (χ3n) is 2.63. The van der Waals surface area contributed by atoms with E-state index in [2.05, 4.69) is 13.8 Å². The lowest BCUT2D eigenvalue weighted by atomic mass is 9.91. The molecule has 0 radical (unpaired) electrons. The Kier molecular flexibility index (Phi) is 6.72. The summed E-state index contributed by atoms with van der Waals surface area (Å²) in [4.78, 5) is 21.3. The fourth-order valence-electron chi connectivity index (χ4n) is 1.50. The fraction of sp³-hybridized carbons (Fsp3) is 0.923. The maximum absolute atomic E-state index is 11.1. The van der Waals surface area contributed by atoms with Crippen LogP contribution in [-0.2, 0) is 14.6 Å². The average Bonchev–Trinajstić information content (AvgIpc) is 2.15. The van der Waals surface area contributed by atoms with Gasteiger partial charge in [-0.3, -0.25) is 0 Å². The molecule has 0 heterocycles. The highest BCUT2D eigenvalue weighted by Gasteiger charge is 2.29. The van der Waals surface area contributed by atoms with Crippen LogP contribution in [0.3, 0.4) is 0 Å². The maximum Gasteiger partial charge on any atom is 0.336 e. The molecule has 0 aliphatic carbocycles. The highest BCUT2D eigenvalue weighted by atomic mass is 17.2. The molecule has 0 spiro atoms. The number of hydrogen-bond acceptors (Lipinski definition) is 3. The molecule has 0 saturated heterocycles. The van der Waals surface area contributed by atoms with Gasteiger partial charge in [0.2, 0.25) is 0 Å². The van der Waals surface area contributed by atoms with Gasteiger partial charge in [0.05, 0.1) is 5.60 Å². The summed E-state index contributed by atoms with van der Waals surface area (Å²) in [6.07, 6.45) is 0.959. The maximum atomic E-state index is 11.1. The van der Waals surface area contributed by atoms with Crippen LogP contribution in [0.5, 0.6) is 0 Å². The normalized spacial score (nSPS) is 17.5. The molecule has 0 fully saturated rings. The molecule has 17 heavy (non-hydrogen) atoms. The largest absolute Gasteiger partial charge is 0.479 e. The molecule has 0 rings (SSSR count). The average molecular weight is 246 g/mol. The highest BCUT2D eigenvalue weighted by Crippen LogP contribution is 2.21. The van der Waals surface area contributed by atoms with E-state index in [1.54, 1.807) is 0 Å². The summed E-state index contributed by atoms with van der Waals surface area (Å²) in [7, 11) is 0. The molecule has 102 valence electrons. The summed E-state index contributed by atoms with van der Waals surface area (Å²) in [6, 6.07) is 0. The van der Waals surface area contributed by atoms with Crippen LogP contribution in [-0.4, -0.2) is 22.8 Å². The Morgan fingerprint density at radius 2 is 1.82 bits per heavy atom. The van der Waals surface area contributed by atoms with Crippen molar-refractivity contribution in [3.8, 4) is 0 Å². The van der Waals surface area contributed by atoms with E-state index < -0.39 is 17.7 Å². The fourth-order valence-corrected chi connectivity index (χ4v) is 1.50. The van der Waals surface area contributed by atoms with E-state index in [9.17, 15) is 4.79 Å². The van der Waals surface area contributed by atoms with Gasteiger partial charge in [-0.15, -0.1) is 0 Å². The Balaban J connectivity index is 4.37. The monoisotopic (exact) mass is 246 g/mol.